The molecule has 6 heteroatoms. The lowest BCUT2D eigenvalue weighted by atomic mass is 9.92. The summed E-state index contributed by atoms with van der Waals surface area (Å²) in [5.41, 5.74) is 0.723. The molecule has 4 nitrogen and oxygen atoms in total. The molecule has 0 atom stereocenters. The van der Waals surface area contributed by atoms with E-state index in [0.717, 1.165) is 17.8 Å². The molecule has 1 amide bonds. The van der Waals surface area contributed by atoms with Crippen LogP contribution in [0.5, 0.6) is 0 Å². The number of halogens is 2. The van der Waals surface area contributed by atoms with Gasteiger partial charge in [0.1, 0.15) is 5.82 Å². The van der Waals surface area contributed by atoms with Gasteiger partial charge in [-0.05, 0) is 18.2 Å². The summed E-state index contributed by atoms with van der Waals surface area (Å²) in [6, 6.07) is 4.78. The molecule has 0 bridgehead atoms. The number of rotatable bonds is 2. The fourth-order valence-corrected chi connectivity index (χ4v) is 1.78. The van der Waals surface area contributed by atoms with Gasteiger partial charge in [0.05, 0.1) is 5.69 Å². The van der Waals surface area contributed by atoms with Crippen molar-refractivity contribution < 1.29 is 13.6 Å². The van der Waals surface area contributed by atoms with Crippen molar-refractivity contribution in [1.82, 2.24) is 9.78 Å². The quantitative estimate of drug-likeness (QED) is 0.924. The number of nitrogens with one attached hydrogen (secondary N) is 1. The van der Waals surface area contributed by atoms with Crippen molar-refractivity contribution in [3.05, 3.63) is 47.2 Å². The molecule has 1 N–H and O–H groups in total. The topological polar surface area (TPSA) is 46.9 Å². The molecular formula is C15H17F2N3O. The molecule has 0 unspecified atom stereocenters. The predicted octanol–water partition coefficient (Wildman–Crippen LogP) is 3.25. The van der Waals surface area contributed by atoms with Crippen LogP contribution in [0.4, 0.5) is 14.6 Å². The fourth-order valence-electron chi connectivity index (χ4n) is 1.78. The van der Waals surface area contributed by atoms with Crippen molar-refractivity contribution in [3.63, 3.8) is 0 Å². The summed E-state index contributed by atoms with van der Waals surface area (Å²) < 4.78 is 27.6. The van der Waals surface area contributed by atoms with Gasteiger partial charge in [-0.2, -0.15) is 5.10 Å². The highest BCUT2D eigenvalue weighted by molar-refractivity contribution is 6.03. The third-order valence-corrected chi connectivity index (χ3v) is 3.07. The highest BCUT2D eigenvalue weighted by Gasteiger charge is 2.20. The van der Waals surface area contributed by atoms with Crippen LogP contribution >= 0.6 is 0 Å². The van der Waals surface area contributed by atoms with Gasteiger partial charge in [-0.1, -0.05) is 20.8 Å². The maximum atomic E-state index is 13.1. The third kappa shape index (κ3) is 3.26. The first-order valence-electron chi connectivity index (χ1n) is 6.49. The summed E-state index contributed by atoms with van der Waals surface area (Å²) in [6.07, 6.45) is 0. The van der Waals surface area contributed by atoms with Gasteiger partial charge in [0.2, 0.25) is 0 Å². The van der Waals surface area contributed by atoms with E-state index in [4.69, 9.17) is 0 Å². The zero-order chi connectivity index (χ0) is 15.8. The SMILES string of the molecule is Cn1nc(C(C)(C)C)cc1NC(=O)c1ccc(F)c(F)c1. The summed E-state index contributed by atoms with van der Waals surface area (Å²) in [5, 5.41) is 6.97. The molecule has 2 aromatic rings. The first-order chi connectivity index (χ1) is 9.68. The van der Waals surface area contributed by atoms with Crippen molar-refractivity contribution >= 4 is 11.7 Å². The standard InChI is InChI=1S/C15H17F2N3O/c1-15(2,3)12-8-13(20(4)19-12)18-14(21)9-5-6-10(16)11(17)7-9/h5-8H,1-4H3,(H,18,21). The highest BCUT2D eigenvalue weighted by Crippen LogP contribution is 2.23. The van der Waals surface area contributed by atoms with E-state index in [9.17, 15) is 13.6 Å². The van der Waals surface area contributed by atoms with Crippen molar-refractivity contribution in [2.45, 2.75) is 26.2 Å². The lowest BCUT2D eigenvalue weighted by Crippen LogP contribution is -2.14. The Morgan fingerprint density at radius 2 is 1.86 bits per heavy atom. The largest absolute Gasteiger partial charge is 0.307 e. The number of amides is 1. The number of hydrogen-bond acceptors (Lipinski definition) is 2. The van der Waals surface area contributed by atoms with E-state index in [1.54, 1.807) is 17.8 Å². The van der Waals surface area contributed by atoms with E-state index in [2.05, 4.69) is 10.4 Å². The van der Waals surface area contributed by atoms with Crippen LogP contribution < -0.4 is 5.32 Å². The zero-order valence-electron chi connectivity index (χ0n) is 12.4. The molecule has 0 radical (unpaired) electrons. The number of anilines is 1. The van der Waals surface area contributed by atoms with Gasteiger partial charge in [-0.15, -0.1) is 0 Å². The lowest BCUT2D eigenvalue weighted by Gasteiger charge is -2.13. The third-order valence-electron chi connectivity index (χ3n) is 3.07. The minimum atomic E-state index is -1.05. The van der Waals surface area contributed by atoms with Crippen LogP contribution in [0.2, 0.25) is 0 Å². The van der Waals surface area contributed by atoms with Crippen LogP contribution in [0.3, 0.4) is 0 Å². The molecule has 0 aliphatic carbocycles. The molecular weight excluding hydrogens is 276 g/mol. The predicted molar refractivity (Wildman–Crippen MR) is 76.2 cm³/mol. The van der Waals surface area contributed by atoms with E-state index in [0.29, 0.717) is 5.82 Å². The van der Waals surface area contributed by atoms with Crippen molar-refractivity contribution in [1.29, 1.82) is 0 Å². The van der Waals surface area contributed by atoms with Crippen LogP contribution in [0.1, 0.15) is 36.8 Å². The van der Waals surface area contributed by atoms with Crippen LogP contribution in [0.25, 0.3) is 0 Å². The highest BCUT2D eigenvalue weighted by atomic mass is 19.2. The Hall–Kier alpha value is -2.24. The molecule has 0 aliphatic rings. The van der Waals surface area contributed by atoms with Crippen molar-refractivity contribution in [2.75, 3.05) is 5.32 Å². The molecule has 0 saturated heterocycles. The maximum Gasteiger partial charge on any atom is 0.256 e. The Morgan fingerprint density at radius 3 is 2.38 bits per heavy atom. The van der Waals surface area contributed by atoms with Gasteiger partial charge in [0, 0.05) is 24.1 Å². The van der Waals surface area contributed by atoms with Gasteiger partial charge >= 0.3 is 0 Å². The number of carbonyl (C=O) groups is 1. The zero-order valence-corrected chi connectivity index (χ0v) is 12.4. The Bertz CT molecular complexity index is 687. The molecule has 0 fully saturated rings. The fraction of sp³-hybridized carbons (Fsp3) is 0.333. The first-order valence-corrected chi connectivity index (χ1v) is 6.49. The number of aromatic nitrogens is 2. The number of carbonyl (C=O) groups excluding carboxylic acids is 1. The minimum absolute atomic E-state index is 0.0485. The maximum absolute atomic E-state index is 13.1. The summed E-state index contributed by atoms with van der Waals surface area (Å²) >= 11 is 0. The average Bonchev–Trinajstić information content (AvgIpc) is 2.74. The number of aryl methyl sites for hydroxylation is 1. The normalized spacial score (nSPS) is 11.5. The number of nitrogens with zero attached hydrogens (tertiary/aromatic N) is 2. The molecule has 0 spiro atoms. The molecule has 1 heterocycles. The summed E-state index contributed by atoms with van der Waals surface area (Å²) in [7, 11) is 1.70. The second kappa shape index (κ2) is 5.27. The second-order valence-corrected chi connectivity index (χ2v) is 5.87. The van der Waals surface area contributed by atoms with E-state index < -0.39 is 17.5 Å². The molecule has 21 heavy (non-hydrogen) atoms. The average molecular weight is 293 g/mol. The molecule has 1 aromatic heterocycles. The monoisotopic (exact) mass is 293 g/mol. The molecule has 0 saturated carbocycles. The van der Waals surface area contributed by atoms with Crippen LogP contribution in [0, 0.1) is 11.6 Å². The minimum Gasteiger partial charge on any atom is -0.307 e. The van der Waals surface area contributed by atoms with Crippen molar-refractivity contribution in [2.24, 2.45) is 7.05 Å². The Kier molecular flexibility index (Phi) is 3.80. The van der Waals surface area contributed by atoms with E-state index >= 15 is 0 Å². The Morgan fingerprint density at radius 1 is 1.19 bits per heavy atom. The van der Waals surface area contributed by atoms with Gasteiger partial charge < -0.3 is 5.32 Å². The Balaban J connectivity index is 2.23. The summed E-state index contributed by atoms with van der Waals surface area (Å²) in [6.45, 7) is 6.03. The molecule has 112 valence electrons. The number of hydrogen-bond donors (Lipinski definition) is 1. The molecule has 2 rings (SSSR count). The van der Waals surface area contributed by atoms with E-state index in [1.165, 1.54) is 6.07 Å². The second-order valence-electron chi connectivity index (χ2n) is 5.87. The number of benzene rings is 1. The van der Waals surface area contributed by atoms with Crippen LogP contribution in [0.15, 0.2) is 24.3 Å². The van der Waals surface area contributed by atoms with E-state index in [1.807, 2.05) is 20.8 Å². The van der Waals surface area contributed by atoms with Crippen LogP contribution in [-0.4, -0.2) is 15.7 Å². The van der Waals surface area contributed by atoms with Gasteiger partial charge in [-0.3, -0.25) is 9.48 Å². The molecule has 0 aliphatic heterocycles. The van der Waals surface area contributed by atoms with Crippen LogP contribution in [-0.2, 0) is 12.5 Å². The Labute approximate surface area is 121 Å². The lowest BCUT2D eigenvalue weighted by molar-refractivity contribution is 0.102. The summed E-state index contributed by atoms with van der Waals surface area (Å²) in [4.78, 5) is 12.0. The van der Waals surface area contributed by atoms with Gasteiger partial charge in [0.25, 0.3) is 5.91 Å². The smallest absolute Gasteiger partial charge is 0.256 e. The van der Waals surface area contributed by atoms with Crippen molar-refractivity contribution in [3.8, 4) is 0 Å². The van der Waals surface area contributed by atoms with Gasteiger partial charge in [-0.25, -0.2) is 8.78 Å². The first kappa shape index (κ1) is 15.2. The molecule has 1 aromatic carbocycles. The van der Waals surface area contributed by atoms with Gasteiger partial charge in [0.15, 0.2) is 11.6 Å². The summed E-state index contributed by atoms with van der Waals surface area (Å²) in [5.74, 6) is -2.06. The van der Waals surface area contributed by atoms with E-state index in [-0.39, 0.29) is 11.0 Å².